The zero-order valence-electron chi connectivity index (χ0n) is 26.2. The monoisotopic (exact) mass is 604 g/mol. The standard InChI is InChI=1S/C35H40N8O2/c1-24(44)40-18-6-4-5-7-19-42-34(45)31-23-36-35(38-33(31)43(42)30-10-8-9-29(40)22-30)37-26-11-16-32-25(21-26)17-20-41(32)28-14-12-27(13-15-28)39(2)3/h5,7-11,16-17,20-23,27-28H,4,6,12-15,18-19H2,1-3H3,(H,36,37,38)/b7-5-. The number of aromatic nitrogens is 5. The molecular weight excluding hydrogens is 564 g/mol. The van der Waals surface area contributed by atoms with Gasteiger partial charge in [-0.15, -0.1) is 0 Å². The molecule has 4 heterocycles. The van der Waals surface area contributed by atoms with Crippen LogP contribution >= 0.6 is 0 Å². The Balaban J connectivity index is 1.22. The number of hydrogen-bond donors (Lipinski definition) is 1. The van der Waals surface area contributed by atoms with Crippen molar-refractivity contribution >= 4 is 45.2 Å². The van der Waals surface area contributed by atoms with Crippen LogP contribution in [-0.4, -0.2) is 61.4 Å². The Morgan fingerprint density at radius 3 is 2.62 bits per heavy atom. The number of carbonyl (C=O) groups excluding carboxylic acids is 1. The van der Waals surface area contributed by atoms with Gasteiger partial charge in [-0.2, -0.15) is 4.98 Å². The van der Waals surface area contributed by atoms with Crippen molar-refractivity contribution in [3.8, 4) is 5.69 Å². The molecule has 10 heteroatoms. The lowest BCUT2D eigenvalue weighted by Crippen LogP contribution is -2.32. The molecule has 2 aliphatic rings. The third-order valence-corrected chi connectivity index (χ3v) is 9.41. The van der Waals surface area contributed by atoms with Crippen molar-refractivity contribution < 1.29 is 4.79 Å². The molecule has 1 aliphatic carbocycles. The number of nitrogens with one attached hydrogen (secondary N) is 1. The number of nitrogens with zero attached hydrogens (tertiary/aromatic N) is 7. The second-order valence-corrected chi connectivity index (χ2v) is 12.5. The summed E-state index contributed by atoms with van der Waals surface area (Å²) in [7, 11) is 4.36. The molecule has 1 fully saturated rings. The number of benzene rings is 2. The summed E-state index contributed by atoms with van der Waals surface area (Å²) < 4.78 is 5.95. The van der Waals surface area contributed by atoms with Crippen LogP contribution in [0.3, 0.4) is 0 Å². The van der Waals surface area contributed by atoms with Crippen molar-refractivity contribution in [3.05, 3.63) is 83.4 Å². The number of fused-ring (bicyclic) bond motifs is 7. The van der Waals surface area contributed by atoms with Crippen molar-refractivity contribution in [1.82, 2.24) is 28.8 Å². The first kappa shape index (κ1) is 29.0. The van der Waals surface area contributed by atoms with Crippen LogP contribution in [0.25, 0.3) is 27.6 Å². The van der Waals surface area contributed by atoms with Gasteiger partial charge in [-0.1, -0.05) is 18.2 Å². The fraction of sp³-hybridized carbons (Fsp3) is 0.371. The number of allylic oxidation sites excluding steroid dienone is 2. The largest absolute Gasteiger partial charge is 0.344 e. The maximum absolute atomic E-state index is 13.6. The Morgan fingerprint density at radius 1 is 1.00 bits per heavy atom. The van der Waals surface area contributed by atoms with Crippen LogP contribution in [0.1, 0.15) is 51.5 Å². The van der Waals surface area contributed by atoms with Crippen molar-refractivity contribution in [1.29, 1.82) is 0 Å². The van der Waals surface area contributed by atoms with Crippen molar-refractivity contribution in [2.45, 2.75) is 64.1 Å². The van der Waals surface area contributed by atoms with Gasteiger partial charge < -0.3 is 19.7 Å². The minimum Gasteiger partial charge on any atom is -0.344 e. The molecule has 1 N–H and O–H groups in total. The van der Waals surface area contributed by atoms with Crippen LogP contribution < -0.4 is 15.8 Å². The Hall–Kier alpha value is -4.70. The minimum absolute atomic E-state index is 0.0132. The highest BCUT2D eigenvalue weighted by atomic mass is 16.2. The lowest BCUT2D eigenvalue weighted by Gasteiger charge is -2.33. The molecule has 1 saturated carbocycles. The van der Waals surface area contributed by atoms with E-state index in [9.17, 15) is 9.59 Å². The third-order valence-electron chi connectivity index (χ3n) is 9.41. The molecule has 7 rings (SSSR count). The molecular formula is C35H40N8O2. The van der Waals surface area contributed by atoms with Gasteiger partial charge in [-0.05, 0) is 95.1 Å². The number of rotatable bonds is 4. The SMILES string of the molecule is CC(=O)N1CCC/C=C\Cn2c(=O)c3cnc(Nc4ccc5c(ccn5C5CCC(N(C)C)CC5)c4)nc3n2-c2cccc1c2. The van der Waals surface area contributed by atoms with Gasteiger partial charge >= 0.3 is 0 Å². The van der Waals surface area contributed by atoms with Crippen LogP contribution in [0.2, 0.25) is 0 Å². The number of anilines is 3. The molecule has 2 bridgehead atoms. The minimum atomic E-state index is -0.158. The van der Waals surface area contributed by atoms with Crippen molar-refractivity contribution in [2.75, 3.05) is 30.9 Å². The summed E-state index contributed by atoms with van der Waals surface area (Å²) in [6.07, 6.45) is 14.4. The molecule has 0 spiro atoms. The summed E-state index contributed by atoms with van der Waals surface area (Å²) in [5.74, 6) is 0.396. The summed E-state index contributed by atoms with van der Waals surface area (Å²) in [5, 5.41) is 4.98. The average molecular weight is 605 g/mol. The Kier molecular flexibility index (Phi) is 7.75. The molecule has 0 radical (unpaired) electrons. The highest BCUT2D eigenvalue weighted by molar-refractivity contribution is 5.92. The van der Waals surface area contributed by atoms with Crippen molar-refractivity contribution in [3.63, 3.8) is 0 Å². The first-order valence-electron chi connectivity index (χ1n) is 15.9. The number of carbonyl (C=O) groups is 1. The molecule has 0 saturated heterocycles. The van der Waals surface area contributed by atoms with E-state index < -0.39 is 0 Å². The Morgan fingerprint density at radius 2 is 1.82 bits per heavy atom. The van der Waals surface area contributed by atoms with Crippen LogP contribution in [0.15, 0.2) is 77.9 Å². The summed E-state index contributed by atoms with van der Waals surface area (Å²) in [6, 6.07) is 17.5. The van der Waals surface area contributed by atoms with E-state index in [-0.39, 0.29) is 11.5 Å². The van der Waals surface area contributed by atoms with Gasteiger partial charge in [-0.25, -0.2) is 14.3 Å². The van der Waals surface area contributed by atoms with E-state index in [2.05, 4.69) is 70.4 Å². The lowest BCUT2D eigenvalue weighted by molar-refractivity contribution is -0.116. The second-order valence-electron chi connectivity index (χ2n) is 12.5. The molecule has 232 valence electrons. The third kappa shape index (κ3) is 5.55. The highest BCUT2D eigenvalue weighted by Crippen LogP contribution is 2.34. The van der Waals surface area contributed by atoms with Gasteiger partial charge in [-0.3, -0.25) is 9.59 Å². The van der Waals surface area contributed by atoms with E-state index >= 15 is 0 Å². The second kappa shape index (κ2) is 12.0. The van der Waals surface area contributed by atoms with E-state index in [0.29, 0.717) is 42.2 Å². The lowest BCUT2D eigenvalue weighted by atomic mass is 9.90. The molecule has 2 aromatic carbocycles. The summed E-state index contributed by atoms with van der Waals surface area (Å²) in [6.45, 7) is 2.62. The van der Waals surface area contributed by atoms with E-state index in [1.807, 2.05) is 35.0 Å². The van der Waals surface area contributed by atoms with Crippen LogP contribution in [0.5, 0.6) is 0 Å². The summed E-state index contributed by atoms with van der Waals surface area (Å²) in [5.41, 5.74) is 4.02. The molecule has 10 nitrogen and oxygen atoms in total. The van der Waals surface area contributed by atoms with Crippen molar-refractivity contribution in [2.24, 2.45) is 0 Å². The van der Waals surface area contributed by atoms with E-state index in [1.54, 1.807) is 22.7 Å². The predicted molar refractivity (Wildman–Crippen MR) is 180 cm³/mol. The number of hydrogen-bond acceptors (Lipinski definition) is 6. The zero-order valence-corrected chi connectivity index (χ0v) is 26.2. The maximum atomic E-state index is 13.6. The maximum Gasteiger partial charge on any atom is 0.278 e. The Bertz CT molecular complexity index is 1960. The van der Waals surface area contributed by atoms with Gasteiger partial charge in [0.2, 0.25) is 11.9 Å². The number of amides is 1. The normalized spacial score (nSPS) is 19.7. The average Bonchev–Trinajstić information content (AvgIpc) is 3.58. The van der Waals surface area contributed by atoms with Gasteiger partial charge in [0.05, 0.1) is 12.2 Å². The van der Waals surface area contributed by atoms with Crippen LogP contribution in [-0.2, 0) is 11.3 Å². The molecule has 1 amide bonds. The topological polar surface area (TPSA) is 93.2 Å². The van der Waals surface area contributed by atoms with E-state index in [4.69, 9.17) is 4.98 Å². The van der Waals surface area contributed by atoms with Gasteiger partial charge in [0.1, 0.15) is 5.39 Å². The fourth-order valence-electron chi connectivity index (χ4n) is 6.98. The van der Waals surface area contributed by atoms with Gasteiger partial charge in [0, 0.05) is 60.2 Å². The molecule has 0 atom stereocenters. The molecule has 45 heavy (non-hydrogen) atoms. The molecule has 3 aromatic heterocycles. The smallest absolute Gasteiger partial charge is 0.278 e. The van der Waals surface area contributed by atoms with E-state index in [0.717, 1.165) is 29.9 Å². The van der Waals surface area contributed by atoms with E-state index in [1.165, 1.54) is 36.6 Å². The summed E-state index contributed by atoms with van der Waals surface area (Å²) >= 11 is 0. The zero-order chi connectivity index (χ0) is 31.1. The first-order chi connectivity index (χ1) is 21.9. The first-order valence-corrected chi connectivity index (χ1v) is 15.9. The quantitative estimate of drug-likeness (QED) is 0.252. The predicted octanol–water partition coefficient (Wildman–Crippen LogP) is 6.03. The fourth-order valence-corrected chi connectivity index (χ4v) is 6.98. The van der Waals surface area contributed by atoms with Crippen LogP contribution in [0.4, 0.5) is 17.3 Å². The highest BCUT2D eigenvalue weighted by Gasteiger charge is 2.24. The van der Waals surface area contributed by atoms with Gasteiger partial charge in [0.15, 0.2) is 5.65 Å². The molecule has 5 aromatic rings. The Labute approximate surface area is 262 Å². The molecule has 0 unspecified atom stereocenters. The van der Waals surface area contributed by atoms with Gasteiger partial charge in [0.25, 0.3) is 5.56 Å². The summed E-state index contributed by atoms with van der Waals surface area (Å²) in [4.78, 5) is 39.7. The van der Waals surface area contributed by atoms with Crippen LogP contribution in [0, 0.1) is 0 Å². The molecule has 1 aliphatic heterocycles.